The molecule has 0 radical (unpaired) electrons. The summed E-state index contributed by atoms with van der Waals surface area (Å²) in [5.74, 6) is 1.28. The van der Waals surface area contributed by atoms with Gasteiger partial charge in [0.2, 0.25) is 0 Å². The summed E-state index contributed by atoms with van der Waals surface area (Å²) in [4.78, 5) is 13.0. The van der Waals surface area contributed by atoms with E-state index >= 15 is 0 Å². The van der Waals surface area contributed by atoms with Crippen molar-refractivity contribution in [1.82, 2.24) is 0 Å². The Bertz CT molecular complexity index is 1280. The summed E-state index contributed by atoms with van der Waals surface area (Å²) in [6.45, 7) is 2.07. The first-order valence-corrected chi connectivity index (χ1v) is 10.3. The van der Waals surface area contributed by atoms with Gasteiger partial charge in [0.05, 0.1) is 5.56 Å². The van der Waals surface area contributed by atoms with E-state index in [4.69, 9.17) is 26.0 Å². The van der Waals surface area contributed by atoms with Crippen molar-refractivity contribution < 1.29 is 13.9 Å². The van der Waals surface area contributed by atoms with Crippen molar-refractivity contribution in [3.8, 4) is 23.1 Å². The van der Waals surface area contributed by atoms with Crippen LogP contribution >= 0.6 is 11.6 Å². The topological polar surface area (TPSA) is 63.2 Å². The second kappa shape index (κ2) is 8.61. The summed E-state index contributed by atoms with van der Waals surface area (Å²) >= 11 is 6.20. The van der Waals surface area contributed by atoms with Gasteiger partial charge in [-0.15, -0.1) is 0 Å². The highest BCUT2D eigenvalue weighted by Crippen LogP contribution is 2.37. The molecule has 4 rings (SSSR count). The van der Waals surface area contributed by atoms with Gasteiger partial charge in [-0.25, -0.2) is 0 Å². The van der Waals surface area contributed by atoms with E-state index in [9.17, 15) is 4.79 Å². The van der Waals surface area contributed by atoms with Gasteiger partial charge in [-0.05, 0) is 53.6 Å². The van der Waals surface area contributed by atoms with Crippen LogP contribution in [0.15, 0.2) is 59.0 Å². The number of rotatable bonds is 7. The molecular formula is C25H20ClNO3. The molecule has 4 nitrogen and oxygen atoms in total. The third-order valence-electron chi connectivity index (χ3n) is 5.06. The molecule has 1 heterocycles. The number of nitrogens with zero attached hydrogens (tertiary/aromatic N) is 1. The van der Waals surface area contributed by atoms with Crippen molar-refractivity contribution in [2.24, 2.45) is 0 Å². The van der Waals surface area contributed by atoms with E-state index < -0.39 is 0 Å². The molecule has 0 aliphatic heterocycles. The Kier molecular flexibility index (Phi) is 5.74. The molecule has 5 heteroatoms. The fraction of sp³-hybridized carbons (Fsp3) is 0.200. The van der Waals surface area contributed by atoms with Gasteiger partial charge in [0.25, 0.3) is 0 Å². The zero-order chi connectivity index (χ0) is 21.1. The second-order valence-electron chi connectivity index (χ2n) is 7.14. The van der Waals surface area contributed by atoms with Crippen LogP contribution in [0.1, 0.15) is 36.5 Å². The van der Waals surface area contributed by atoms with E-state index in [2.05, 4.69) is 6.92 Å². The van der Waals surface area contributed by atoms with E-state index in [1.165, 1.54) is 0 Å². The summed E-state index contributed by atoms with van der Waals surface area (Å²) in [6.07, 6.45) is 2.25. The van der Waals surface area contributed by atoms with Gasteiger partial charge in [0.1, 0.15) is 23.2 Å². The number of benzene rings is 3. The average Bonchev–Trinajstić information content (AvgIpc) is 3.14. The van der Waals surface area contributed by atoms with Crippen LogP contribution in [0, 0.1) is 11.3 Å². The lowest BCUT2D eigenvalue weighted by molar-refractivity contribution is 0.0981. The van der Waals surface area contributed by atoms with E-state index in [-0.39, 0.29) is 12.4 Å². The molecule has 0 fully saturated rings. The molecule has 0 saturated carbocycles. The van der Waals surface area contributed by atoms with Gasteiger partial charge in [-0.3, -0.25) is 4.79 Å². The van der Waals surface area contributed by atoms with E-state index in [1.54, 1.807) is 18.2 Å². The number of halogens is 1. The van der Waals surface area contributed by atoms with Crippen LogP contribution in [0.3, 0.4) is 0 Å². The summed E-state index contributed by atoms with van der Waals surface area (Å²) in [7, 11) is 0. The first-order valence-electron chi connectivity index (χ1n) is 9.90. The number of Topliss-reactive ketones (excluding diaryl/α,β-unsaturated/α-hetero) is 1. The Morgan fingerprint density at radius 2 is 1.90 bits per heavy atom. The number of furan rings is 1. The number of unbranched alkanes of at least 4 members (excludes halogenated alkanes) is 1. The van der Waals surface area contributed by atoms with Gasteiger partial charge >= 0.3 is 0 Å². The van der Waals surface area contributed by atoms with Crippen LogP contribution in [-0.4, -0.2) is 12.4 Å². The van der Waals surface area contributed by atoms with Crippen molar-refractivity contribution in [3.63, 3.8) is 0 Å². The van der Waals surface area contributed by atoms with Crippen LogP contribution in [0.25, 0.3) is 33.1 Å². The van der Waals surface area contributed by atoms with Crippen molar-refractivity contribution in [3.05, 3.63) is 65.2 Å². The van der Waals surface area contributed by atoms with Gasteiger partial charge < -0.3 is 9.15 Å². The third-order valence-corrected chi connectivity index (χ3v) is 5.30. The normalized spacial score (nSPS) is 11.0. The van der Waals surface area contributed by atoms with E-state index in [1.807, 2.05) is 42.5 Å². The van der Waals surface area contributed by atoms with E-state index in [0.717, 1.165) is 34.6 Å². The minimum atomic E-state index is 0.00830. The smallest absolute Gasteiger partial charge is 0.174 e. The van der Waals surface area contributed by atoms with Crippen molar-refractivity contribution in [2.45, 2.75) is 26.2 Å². The Hall–Kier alpha value is -3.29. The Balaban J connectivity index is 1.82. The van der Waals surface area contributed by atoms with Gasteiger partial charge in [-0.2, -0.15) is 5.26 Å². The predicted molar refractivity (Wildman–Crippen MR) is 119 cm³/mol. The number of carbonyl (C=O) groups excluding carboxylic acids is 1. The van der Waals surface area contributed by atoms with Crippen LogP contribution in [0.4, 0.5) is 0 Å². The molecule has 150 valence electrons. The molecule has 30 heavy (non-hydrogen) atoms. The van der Waals surface area contributed by atoms with Crippen LogP contribution in [-0.2, 0) is 0 Å². The number of fused-ring (bicyclic) bond motifs is 2. The molecule has 0 N–H and O–H groups in total. The van der Waals surface area contributed by atoms with Crippen LogP contribution < -0.4 is 4.74 Å². The van der Waals surface area contributed by atoms with Gasteiger partial charge in [0, 0.05) is 22.4 Å². The molecule has 0 amide bonds. The molecule has 0 spiro atoms. The molecule has 0 aliphatic rings. The molecule has 3 aromatic carbocycles. The number of hydrogen-bond donors (Lipinski definition) is 0. The Labute approximate surface area is 179 Å². The fourth-order valence-electron chi connectivity index (χ4n) is 3.58. The molecule has 4 aromatic rings. The minimum absolute atomic E-state index is 0.00830. The third kappa shape index (κ3) is 3.90. The first-order chi connectivity index (χ1) is 14.6. The molecule has 0 atom stereocenters. The lowest BCUT2D eigenvalue weighted by atomic mass is 9.97. The van der Waals surface area contributed by atoms with Crippen molar-refractivity contribution in [1.29, 1.82) is 5.26 Å². The lowest BCUT2D eigenvalue weighted by Gasteiger charge is -2.07. The monoisotopic (exact) mass is 417 g/mol. The molecule has 0 unspecified atom stereocenters. The quantitative estimate of drug-likeness (QED) is 0.299. The lowest BCUT2D eigenvalue weighted by Crippen LogP contribution is -2.00. The zero-order valence-corrected chi connectivity index (χ0v) is 17.3. The summed E-state index contributed by atoms with van der Waals surface area (Å²) in [5, 5.41) is 12.0. The summed E-state index contributed by atoms with van der Waals surface area (Å²) in [5.41, 5.74) is 2.07. The largest absolute Gasteiger partial charge is 0.479 e. The molecular weight excluding hydrogens is 398 g/mol. The van der Waals surface area contributed by atoms with Gasteiger partial charge in [0.15, 0.2) is 12.4 Å². The maximum absolute atomic E-state index is 13.0. The summed E-state index contributed by atoms with van der Waals surface area (Å²) in [6, 6.07) is 18.9. The second-order valence-corrected chi connectivity index (χ2v) is 7.58. The molecule has 0 saturated heterocycles. The van der Waals surface area contributed by atoms with E-state index in [0.29, 0.717) is 34.1 Å². The Morgan fingerprint density at radius 1 is 1.10 bits per heavy atom. The number of nitriles is 1. The standard InChI is InChI=1S/C25H20ClNO3/c1-2-3-4-22(28)24-21-15-19(26)8-10-23(21)30-25(24)18-6-5-17-14-20(29-12-11-27)9-7-16(17)13-18/h5-10,13-15H,2-4,12H2,1H3. The number of hydrogen-bond acceptors (Lipinski definition) is 4. The molecule has 0 aliphatic carbocycles. The number of ketones is 1. The number of carbonyl (C=O) groups is 1. The molecule has 0 bridgehead atoms. The zero-order valence-electron chi connectivity index (χ0n) is 16.6. The van der Waals surface area contributed by atoms with Gasteiger partial charge in [-0.1, -0.05) is 43.1 Å². The highest BCUT2D eigenvalue weighted by molar-refractivity contribution is 6.31. The fourth-order valence-corrected chi connectivity index (χ4v) is 3.75. The minimum Gasteiger partial charge on any atom is -0.479 e. The maximum Gasteiger partial charge on any atom is 0.174 e. The average molecular weight is 418 g/mol. The van der Waals surface area contributed by atoms with Crippen molar-refractivity contribution >= 4 is 39.1 Å². The SMILES string of the molecule is CCCCC(=O)c1c(-c2ccc3cc(OCC#N)ccc3c2)oc2ccc(Cl)cc12. The van der Waals surface area contributed by atoms with Crippen LogP contribution in [0.5, 0.6) is 5.75 Å². The first kappa shape index (κ1) is 20.0. The molecule has 1 aromatic heterocycles. The predicted octanol–water partition coefficient (Wildman–Crippen LogP) is 7.18. The van der Waals surface area contributed by atoms with Crippen molar-refractivity contribution in [2.75, 3.05) is 6.61 Å². The highest BCUT2D eigenvalue weighted by Gasteiger charge is 2.22. The highest BCUT2D eigenvalue weighted by atomic mass is 35.5. The number of ether oxygens (including phenoxy) is 1. The maximum atomic E-state index is 13.0. The van der Waals surface area contributed by atoms with Crippen LogP contribution in [0.2, 0.25) is 5.02 Å². The summed E-state index contributed by atoms with van der Waals surface area (Å²) < 4.78 is 11.5. The Morgan fingerprint density at radius 3 is 2.70 bits per heavy atom.